The van der Waals surface area contributed by atoms with Gasteiger partial charge in [-0.25, -0.2) is 4.98 Å². The van der Waals surface area contributed by atoms with Crippen molar-refractivity contribution in [1.29, 1.82) is 0 Å². The molecule has 2 rings (SSSR count). The van der Waals surface area contributed by atoms with E-state index in [1.807, 2.05) is 12.1 Å². The molecule has 0 aliphatic rings. The van der Waals surface area contributed by atoms with Crippen molar-refractivity contribution in [1.82, 2.24) is 9.97 Å². The van der Waals surface area contributed by atoms with Crippen LogP contribution in [0, 0.1) is 0 Å². The molecule has 0 saturated carbocycles. The van der Waals surface area contributed by atoms with E-state index in [9.17, 15) is 9.59 Å². The first-order valence-corrected chi connectivity index (χ1v) is 6.09. The number of aromatic nitrogens is 2. The van der Waals surface area contributed by atoms with Crippen LogP contribution in [0.2, 0.25) is 0 Å². The molecule has 2 N–H and O–H groups in total. The summed E-state index contributed by atoms with van der Waals surface area (Å²) in [5.74, 6) is -0.0921. The van der Waals surface area contributed by atoms with E-state index in [0.29, 0.717) is 10.9 Å². The Morgan fingerprint density at radius 1 is 1.32 bits per heavy atom. The zero-order valence-corrected chi connectivity index (χ0v) is 11.5. The van der Waals surface area contributed by atoms with Gasteiger partial charge in [-0.1, -0.05) is 26.8 Å². The quantitative estimate of drug-likeness (QED) is 0.824. The fourth-order valence-corrected chi connectivity index (χ4v) is 1.83. The van der Waals surface area contributed by atoms with Crippen molar-refractivity contribution in [3.05, 3.63) is 34.1 Å². The summed E-state index contributed by atoms with van der Waals surface area (Å²) in [5, 5.41) is 3.01. The van der Waals surface area contributed by atoms with Crippen molar-refractivity contribution in [3.8, 4) is 0 Å². The summed E-state index contributed by atoms with van der Waals surface area (Å²) in [7, 11) is 0. The molecule has 0 fully saturated rings. The predicted molar refractivity (Wildman–Crippen MR) is 75.4 cm³/mol. The summed E-state index contributed by atoms with van der Waals surface area (Å²) in [6.07, 6.45) is 0. The van der Waals surface area contributed by atoms with E-state index in [1.54, 1.807) is 6.07 Å². The lowest BCUT2D eigenvalue weighted by Crippen LogP contribution is -2.17. The number of carbonyl (C=O) groups excluding carboxylic acids is 1. The third-order valence-electron chi connectivity index (χ3n) is 2.87. The van der Waals surface area contributed by atoms with E-state index in [2.05, 4.69) is 36.1 Å². The molecule has 1 aromatic carbocycles. The fourth-order valence-electron chi connectivity index (χ4n) is 1.83. The average molecular weight is 259 g/mol. The molecule has 0 bridgehead atoms. The van der Waals surface area contributed by atoms with E-state index in [-0.39, 0.29) is 22.8 Å². The van der Waals surface area contributed by atoms with Crippen molar-refractivity contribution >= 4 is 22.8 Å². The summed E-state index contributed by atoms with van der Waals surface area (Å²) in [5.41, 5.74) is 1.40. The number of nitrogens with zero attached hydrogens (tertiary/aromatic N) is 1. The zero-order chi connectivity index (χ0) is 14.2. The molecule has 0 aliphatic carbocycles. The maximum Gasteiger partial charge on any atom is 0.260 e. The molecular formula is C14H17N3O2. The van der Waals surface area contributed by atoms with Crippen LogP contribution < -0.4 is 10.9 Å². The second kappa shape index (κ2) is 4.50. The van der Waals surface area contributed by atoms with Gasteiger partial charge < -0.3 is 0 Å². The molecule has 5 nitrogen and oxygen atoms in total. The molecule has 5 heteroatoms. The number of aromatic amines is 1. The second-order valence-electron chi connectivity index (χ2n) is 5.58. The Labute approximate surface area is 111 Å². The summed E-state index contributed by atoms with van der Waals surface area (Å²) in [6, 6.07) is 5.58. The lowest BCUT2D eigenvalue weighted by molar-refractivity contribution is -0.114. The number of fused-ring (bicyclic) bond motifs is 1. The maximum atomic E-state index is 11.9. The highest BCUT2D eigenvalue weighted by molar-refractivity contribution is 5.88. The van der Waals surface area contributed by atoms with Crippen LogP contribution in [0.25, 0.3) is 10.9 Å². The van der Waals surface area contributed by atoms with Gasteiger partial charge in [-0.2, -0.15) is 0 Å². The standard InChI is InChI=1S/C14H17N3O2/c1-8(18)15-13-16-11-7-9(14(2,3)4)5-6-10(11)12(19)17-13/h5-7H,1-4H3,(H2,15,16,17,18,19). The third-order valence-corrected chi connectivity index (χ3v) is 2.87. The van der Waals surface area contributed by atoms with Crippen LogP contribution in [0.1, 0.15) is 33.3 Å². The SMILES string of the molecule is CC(=O)Nc1nc2cc(C(C)(C)C)ccc2c(=O)[nH]1. The molecule has 2 aromatic rings. The third kappa shape index (κ3) is 2.81. The number of carbonyl (C=O) groups is 1. The number of amides is 1. The molecular weight excluding hydrogens is 242 g/mol. The monoisotopic (exact) mass is 259 g/mol. The molecule has 0 radical (unpaired) electrons. The van der Waals surface area contributed by atoms with Crippen molar-refractivity contribution < 1.29 is 4.79 Å². The fraction of sp³-hybridized carbons (Fsp3) is 0.357. The topological polar surface area (TPSA) is 74.8 Å². The van der Waals surface area contributed by atoms with E-state index < -0.39 is 0 Å². The molecule has 100 valence electrons. The van der Waals surface area contributed by atoms with Gasteiger partial charge in [0, 0.05) is 6.92 Å². The summed E-state index contributed by atoms with van der Waals surface area (Å²) in [6.45, 7) is 7.65. The summed E-state index contributed by atoms with van der Waals surface area (Å²) in [4.78, 5) is 29.7. The number of H-pyrrole nitrogens is 1. The number of nitrogens with one attached hydrogen (secondary N) is 2. The van der Waals surface area contributed by atoms with Crippen molar-refractivity contribution in [2.24, 2.45) is 0 Å². The van der Waals surface area contributed by atoms with Crippen LogP contribution in [0.3, 0.4) is 0 Å². The lowest BCUT2D eigenvalue weighted by Gasteiger charge is -2.19. The number of benzene rings is 1. The number of anilines is 1. The average Bonchev–Trinajstić information content (AvgIpc) is 2.26. The number of rotatable bonds is 1. The summed E-state index contributed by atoms with van der Waals surface area (Å²) < 4.78 is 0. The minimum atomic E-state index is -0.269. The maximum absolute atomic E-state index is 11.9. The van der Waals surface area contributed by atoms with Gasteiger partial charge in [0.25, 0.3) is 5.56 Å². The normalized spacial score (nSPS) is 11.6. The molecule has 0 spiro atoms. The van der Waals surface area contributed by atoms with E-state index >= 15 is 0 Å². The Hall–Kier alpha value is -2.17. The van der Waals surface area contributed by atoms with Gasteiger partial charge in [0.2, 0.25) is 11.9 Å². The smallest absolute Gasteiger partial charge is 0.260 e. The van der Waals surface area contributed by atoms with Gasteiger partial charge in [0.05, 0.1) is 10.9 Å². The van der Waals surface area contributed by atoms with Crippen LogP contribution in [-0.4, -0.2) is 15.9 Å². The Bertz CT molecular complexity index is 696. The first-order chi connectivity index (χ1) is 8.77. The Kier molecular flexibility index (Phi) is 3.14. The van der Waals surface area contributed by atoms with Crippen LogP contribution >= 0.6 is 0 Å². The van der Waals surface area contributed by atoms with Crippen LogP contribution in [0.4, 0.5) is 5.95 Å². The Morgan fingerprint density at radius 2 is 2.00 bits per heavy atom. The van der Waals surface area contributed by atoms with Crippen LogP contribution in [0.15, 0.2) is 23.0 Å². The Morgan fingerprint density at radius 3 is 2.58 bits per heavy atom. The highest BCUT2D eigenvalue weighted by Gasteiger charge is 2.15. The lowest BCUT2D eigenvalue weighted by atomic mass is 9.86. The first kappa shape index (κ1) is 13.3. The van der Waals surface area contributed by atoms with Gasteiger partial charge in [0.1, 0.15) is 0 Å². The molecule has 19 heavy (non-hydrogen) atoms. The van der Waals surface area contributed by atoms with Crippen molar-refractivity contribution in [2.45, 2.75) is 33.1 Å². The number of hydrogen-bond acceptors (Lipinski definition) is 3. The molecule has 0 saturated heterocycles. The van der Waals surface area contributed by atoms with Gasteiger partial charge in [0.15, 0.2) is 0 Å². The minimum absolute atomic E-state index is 0.0212. The minimum Gasteiger partial charge on any atom is -0.296 e. The highest BCUT2D eigenvalue weighted by Crippen LogP contribution is 2.24. The van der Waals surface area contributed by atoms with E-state index in [0.717, 1.165) is 5.56 Å². The van der Waals surface area contributed by atoms with Crippen LogP contribution in [-0.2, 0) is 10.2 Å². The number of hydrogen-bond donors (Lipinski definition) is 2. The highest BCUT2D eigenvalue weighted by atomic mass is 16.1. The van der Waals surface area contributed by atoms with Gasteiger partial charge >= 0.3 is 0 Å². The second-order valence-corrected chi connectivity index (χ2v) is 5.58. The predicted octanol–water partition coefficient (Wildman–Crippen LogP) is 2.18. The van der Waals surface area contributed by atoms with Crippen molar-refractivity contribution in [3.63, 3.8) is 0 Å². The van der Waals surface area contributed by atoms with E-state index in [1.165, 1.54) is 6.92 Å². The van der Waals surface area contributed by atoms with E-state index in [4.69, 9.17) is 0 Å². The van der Waals surface area contributed by atoms with Gasteiger partial charge in [-0.15, -0.1) is 0 Å². The summed E-state index contributed by atoms with van der Waals surface area (Å²) >= 11 is 0. The molecule has 0 atom stereocenters. The molecule has 0 unspecified atom stereocenters. The molecule has 0 aliphatic heterocycles. The first-order valence-electron chi connectivity index (χ1n) is 6.09. The van der Waals surface area contributed by atoms with Crippen LogP contribution in [0.5, 0.6) is 0 Å². The Balaban J connectivity index is 2.63. The molecule has 1 amide bonds. The largest absolute Gasteiger partial charge is 0.296 e. The van der Waals surface area contributed by atoms with Gasteiger partial charge in [-0.3, -0.25) is 19.9 Å². The molecule has 1 heterocycles. The zero-order valence-electron chi connectivity index (χ0n) is 11.5. The van der Waals surface area contributed by atoms with Gasteiger partial charge in [-0.05, 0) is 23.1 Å². The molecule has 1 aromatic heterocycles. The van der Waals surface area contributed by atoms with Crippen molar-refractivity contribution in [2.75, 3.05) is 5.32 Å².